The molecular formula is C18H16F3N5. The van der Waals surface area contributed by atoms with Crippen molar-refractivity contribution in [1.82, 2.24) is 15.2 Å². The molecule has 1 aromatic heterocycles. The number of benzene rings is 2. The number of halogens is 3. The van der Waals surface area contributed by atoms with Crippen LogP contribution in [0.5, 0.6) is 0 Å². The molecule has 0 bridgehead atoms. The van der Waals surface area contributed by atoms with Crippen molar-refractivity contribution in [2.45, 2.75) is 20.0 Å². The van der Waals surface area contributed by atoms with Crippen LogP contribution in [0, 0.1) is 13.8 Å². The second-order valence-electron chi connectivity index (χ2n) is 5.81. The van der Waals surface area contributed by atoms with Crippen LogP contribution < -0.4 is 10.6 Å². The summed E-state index contributed by atoms with van der Waals surface area (Å²) in [5.41, 5.74) is 2.52. The number of anilines is 4. The Hall–Kier alpha value is -3.16. The molecule has 0 saturated carbocycles. The van der Waals surface area contributed by atoms with Crippen molar-refractivity contribution in [3.8, 4) is 0 Å². The lowest BCUT2D eigenvalue weighted by Crippen LogP contribution is -2.06. The second-order valence-corrected chi connectivity index (χ2v) is 5.81. The van der Waals surface area contributed by atoms with Gasteiger partial charge in [-0.2, -0.15) is 23.3 Å². The normalized spacial score (nSPS) is 11.3. The number of nitrogens with zero attached hydrogens (tertiary/aromatic N) is 3. The Morgan fingerprint density at radius 3 is 2.50 bits per heavy atom. The maximum atomic E-state index is 12.8. The van der Waals surface area contributed by atoms with Crippen molar-refractivity contribution in [2.24, 2.45) is 0 Å². The zero-order chi connectivity index (χ0) is 18.7. The molecule has 3 rings (SSSR count). The number of hydrogen-bond donors (Lipinski definition) is 2. The number of aryl methyl sites for hydroxylation is 2. The number of rotatable bonds is 4. The van der Waals surface area contributed by atoms with Crippen molar-refractivity contribution in [3.63, 3.8) is 0 Å². The average molecular weight is 359 g/mol. The molecule has 1 heterocycles. The third kappa shape index (κ3) is 4.27. The predicted molar refractivity (Wildman–Crippen MR) is 93.8 cm³/mol. The van der Waals surface area contributed by atoms with Gasteiger partial charge in [0.15, 0.2) is 5.82 Å². The van der Waals surface area contributed by atoms with Crippen molar-refractivity contribution in [1.29, 1.82) is 0 Å². The van der Waals surface area contributed by atoms with E-state index >= 15 is 0 Å². The molecule has 0 unspecified atom stereocenters. The van der Waals surface area contributed by atoms with Crippen LogP contribution in [-0.4, -0.2) is 15.2 Å². The summed E-state index contributed by atoms with van der Waals surface area (Å²) in [7, 11) is 0. The van der Waals surface area contributed by atoms with Gasteiger partial charge in [-0.1, -0.05) is 23.8 Å². The standard InChI is InChI=1S/C18H16F3N5/c1-11-6-7-15(12(2)8-11)24-16-10-22-26-17(25-16)23-14-5-3-4-13(9-14)18(19,20)21/h3-10H,1-2H3,(H2,23,24,25,26). The molecule has 3 aromatic rings. The molecule has 8 heteroatoms. The van der Waals surface area contributed by atoms with Gasteiger partial charge in [-0.05, 0) is 43.7 Å². The van der Waals surface area contributed by atoms with Gasteiger partial charge in [0.2, 0.25) is 5.95 Å². The average Bonchev–Trinajstić information content (AvgIpc) is 2.57. The van der Waals surface area contributed by atoms with Crippen molar-refractivity contribution in [2.75, 3.05) is 10.6 Å². The summed E-state index contributed by atoms with van der Waals surface area (Å²) in [6.07, 6.45) is -2.97. The fourth-order valence-electron chi connectivity index (χ4n) is 2.41. The molecule has 0 aliphatic heterocycles. The lowest BCUT2D eigenvalue weighted by atomic mass is 10.1. The van der Waals surface area contributed by atoms with E-state index in [0.29, 0.717) is 5.82 Å². The van der Waals surface area contributed by atoms with Crippen molar-refractivity contribution < 1.29 is 13.2 Å². The molecule has 0 aliphatic carbocycles. The molecule has 0 amide bonds. The number of alkyl halides is 3. The quantitative estimate of drug-likeness (QED) is 0.687. The zero-order valence-corrected chi connectivity index (χ0v) is 14.1. The Bertz CT molecular complexity index is 925. The lowest BCUT2D eigenvalue weighted by Gasteiger charge is -2.11. The Morgan fingerprint density at radius 2 is 1.77 bits per heavy atom. The summed E-state index contributed by atoms with van der Waals surface area (Å²) in [6.45, 7) is 3.96. The summed E-state index contributed by atoms with van der Waals surface area (Å²) >= 11 is 0. The molecule has 0 atom stereocenters. The Morgan fingerprint density at radius 1 is 0.962 bits per heavy atom. The molecule has 134 valence electrons. The first-order valence-electron chi connectivity index (χ1n) is 7.79. The van der Waals surface area contributed by atoms with E-state index < -0.39 is 11.7 Å². The van der Waals surface area contributed by atoms with E-state index in [2.05, 4.69) is 25.8 Å². The van der Waals surface area contributed by atoms with Gasteiger partial charge >= 0.3 is 6.18 Å². The van der Waals surface area contributed by atoms with E-state index in [1.165, 1.54) is 18.3 Å². The Kier molecular flexibility index (Phi) is 4.75. The van der Waals surface area contributed by atoms with E-state index in [0.717, 1.165) is 28.9 Å². The van der Waals surface area contributed by atoms with Gasteiger partial charge in [0.05, 0.1) is 11.8 Å². The highest BCUT2D eigenvalue weighted by atomic mass is 19.4. The molecule has 26 heavy (non-hydrogen) atoms. The molecule has 2 aromatic carbocycles. The highest BCUT2D eigenvalue weighted by Gasteiger charge is 2.30. The van der Waals surface area contributed by atoms with Gasteiger partial charge in [0, 0.05) is 11.4 Å². The first-order valence-corrected chi connectivity index (χ1v) is 7.79. The summed E-state index contributed by atoms with van der Waals surface area (Å²) in [4.78, 5) is 4.24. The van der Waals surface area contributed by atoms with Gasteiger partial charge in [-0.3, -0.25) is 0 Å². The first-order chi connectivity index (χ1) is 12.3. The Balaban J connectivity index is 1.79. The highest BCUT2D eigenvalue weighted by molar-refractivity contribution is 5.62. The predicted octanol–water partition coefficient (Wildman–Crippen LogP) is 4.99. The topological polar surface area (TPSA) is 62.7 Å². The largest absolute Gasteiger partial charge is 0.416 e. The number of aromatic nitrogens is 3. The molecule has 0 aliphatic rings. The molecule has 0 fully saturated rings. The van der Waals surface area contributed by atoms with Crippen LogP contribution >= 0.6 is 0 Å². The minimum absolute atomic E-state index is 0.0964. The second kappa shape index (κ2) is 6.99. The van der Waals surface area contributed by atoms with Gasteiger partial charge in [-0.15, -0.1) is 5.10 Å². The van der Waals surface area contributed by atoms with E-state index in [1.54, 1.807) is 0 Å². The molecule has 0 radical (unpaired) electrons. The Labute approximate surface area is 148 Å². The number of nitrogens with one attached hydrogen (secondary N) is 2. The van der Waals surface area contributed by atoms with E-state index in [4.69, 9.17) is 0 Å². The van der Waals surface area contributed by atoms with Crippen LogP contribution in [0.1, 0.15) is 16.7 Å². The van der Waals surface area contributed by atoms with Crippen LogP contribution in [0.15, 0.2) is 48.7 Å². The summed E-state index contributed by atoms with van der Waals surface area (Å²) in [5, 5.41) is 13.5. The monoisotopic (exact) mass is 359 g/mol. The highest BCUT2D eigenvalue weighted by Crippen LogP contribution is 2.31. The molecule has 0 spiro atoms. The van der Waals surface area contributed by atoms with Gasteiger partial charge in [0.1, 0.15) is 0 Å². The van der Waals surface area contributed by atoms with Crippen molar-refractivity contribution in [3.05, 3.63) is 65.4 Å². The van der Waals surface area contributed by atoms with E-state index in [9.17, 15) is 13.2 Å². The first kappa shape index (κ1) is 17.7. The van der Waals surface area contributed by atoms with Crippen LogP contribution in [0.4, 0.5) is 36.3 Å². The minimum atomic E-state index is -4.41. The summed E-state index contributed by atoms with van der Waals surface area (Å²) in [6, 6.07) is 10.7. The van der Waals surface area contributed by atoms with Gasteiger partial charge < -0.3 is 10.6 Å². The molecule has 5 nitrogen and oxygen atoms in total. The SMILES string of the molecule is Cc1ccc(Nc2cnnc(Nc3cccc(C(F)(F)F)c3)n2)c(C)c1. The minimum Gasteiger partial charge on any atom is -0.339 e. The van der Waals surface area contributed by atoms with Gasteiger partial charge in [-0.25, -0.2) is 0 Å². The molecular weight excluding hydrogens is 343 g/mol. The van der Waals surface area contributed by atoms with E-state index in [1.807, 2.05) is 32.0 Å². The van der Waals surface area contributed by atoms with Crippen LogP contribution in [0.3, 0.4) is 0 Å². The van der Waals surface area contributed by atoms with Crippen LogP contribution in [0.25, 0.3) is 0 Å². The lowest BCUT2D eigenvalue weighted by molar-refractivity contribution is -0.137. The maximum absolute atomic E-state index is 12.8. The molecule has 0 saturated heterocycles. The van der Waals surface area contributed by atoms with Crippen LogP contribution in [0.2, 0.25) is 0 Å². The summed E-state index contributed by atoms with van der Waals surface area (Å²) in [5.74, 6) is 0.528. The molecule has 2 N–H and O–H groups in total. The third-order valence-corrected chi connectivity index (χ3v) is 3.65. The maximum Gasteiger partial charge on any atom is 0.416 e. The van der Waals surface area contributed by atoms with Crippen molar-refractivity contribution >= 4 is 23.1 Å². The van der Waals surface area contributed by atoms with Gasteiger partial charge in [0.25, 0.3) is 0 Å². The zero-order valence-electron chi connectivity index (χ0n) is 14.1. The fraction of sp³-hybridized carbons (Fsp3) is 0.167. The smallest absolute Gasteiger partial charge is 0.339 e. The van der Waals surface area contributed by atoms with E-state index in [-0.39, 0.29) is 11.6 Å². The third-order valence-electron chi connectivity index (χ3n) is 3.65. The number of hydrogen-bond acceptors (Lipinski definition) is 5. The van der Waals surface area contributed by atoms with Crippen LogP contribution in [-0.2, 0) is 6.18 Å². The summed E-state index contributed by atoms with van der Waals surface area (Å²) < 4.78 is 38.4. The fourth-order valence-corrected chi connectivity index (χ4v) is 2.41.